The van der Waals surface area contributed by atoms with Gasteiger partial charge < -0.3 is 13.7 Å². The lowest BCUT2D eigenvalue weighted by atomic mass is 10.1. The molecule has 0 aliphatic carbocycles. The number of fused-ring (bicyclic) bond motifs is 1. The van der Waals surface area contributed by atoms with Crippen molar-refractivity contribution in [2.45, 2.75) is 6.54 Å². The molecule has 0 bridgehead atoms. The fourth-order valence-corrected chi connectivity index (χ4v) is 2.83. The summed E-state index contributed by atoms with van der Waals surface area (Å²) in [7, 11) is 0. The second-order valence-electron chi connectivity index (χ2n) is 5.54. The van der Waals surface area contributed by atoms with Crippen LogP contribution in [-0.4, -0.2) is 9.55 Å². The second kappa shape index (κ2) is 6.45. The number of aromatic nitrogens is 2. The molecule has 0 atom stereocenters. The van der Waals surface area contributed by atoms with Gasteiger partial charge in [-0.1, -0.05) is 17.7 Å². The Bertz CT molecular complexity index is 1090. The summed E-state index contributed by atoms with van der Waals surface area (Å²) in [6, 6.07) is 14.0. The van der Waals surface area contributed by atoms with Crippen LogP contribution in [0.3, 0.4) is 0 Å². The molecule has 0 unspecified atom stereocenters. The first-order valence-electron chi connectivity index (χ1n) is 7.63. The van der Waals surface area contributed by atoms with Gasteiger partial charge in [0.05, 0.1) is 6.33 Å². The van der Waals surface area contributed by atoms with Crippen molar-refractivity contribution in [1.29, 1.82) is 0 Å². The highest BCUT2D eigenvalue weighted by Crippen LogP contribution is 2.28. The van der Waals surface area contributed by atoms with Crippen LogP contribution in [0.25, 0.3) is 11.0 Å². The molecule has 5 nitrogen and oxygen atoms in total. The van der Waals surface area contributed by atoms with E-state index in [9.17, 15) is 4.79 Å². The smallest absolute Gasteiger partial charge is 0.336 e. The van der Waals surface area contributed by atoms with E-state index < -0.39 is 5.63 Å². The zero-order valence-corrected chi connectivity index (χ0v) is 13.8. The van der Waals surface area contributed by atoms with Gasteiger partial charge in [-0.3, -0.25) is 0 Å². The highest BCUT2D eigenvalue weighted by Gasteiger charge is 2.08. The van der Waals surface area contributed by atoms with Crippen molar-refractivity contribution in [3.8, 4) is 11.5 Å². The number of nitrogens with zero attached hydrogens (tertiary/aromatic N) is 2. The zero-order valence-electron chi connectivity index (χ0n) is 13.1. The summed E-state index contributed by atoms with van der Waals surface area (Å²) in [5, 5.41) is 1.44. The number of rotatable bonds is 4. The Balaban J connectivity index is 1.72. The van der Waals surface area contributed by atoms with Gasteiger partial charge in [0.1, 0.15) is 17.1 Å². The fraction of sp³-hybridized carbons (Fsp3) is 0.0526. The number of hydrogen-bond donors (Lipinski definition) is 0. The summed E-state index contributed by atoms with van der Waals surface area (Å²) in [5.74, 6) is 1.18. The SMILES string of the molecule is O=c1cc(Cn2ccnc2)c2ccc(Oc3cccc(Cl)c3)cc2o1. The van der Waals surface area contributed by atoms with Gasteiger partial charge in [-0.25, -0.2) is 9.78 Å². The van der Waals surface area contributed by atoms with Crippen LogP contribution in [0.1, 0.15) is 5.56 Å². The molecule has 0 saturated carbocycles. The first-order chi connectivity index (χ1) is 12.2. The van der Waals surface area contributed by atoms with Crippen molar-refractivity contribution in [1.82, 2.24) is 9.55 Å². The quantitative estimate of drug-likeness (QED) is 0.508. The lowest BCUT2D eigenvalue weighted by Crippen LogP contribution is -2.04. The number of ether oxygens (including phenoxy) is 1. The molecule has 2 aromatic carbocycles. The standard InChI is InChI=1S/C19H13ClN2O3/c20-14-2-1-3-15(9-14)24-16-4-5-17-13(11-22-7-6-21-12-22)8-19(23)25-18(17)10-16/h1-10,12H,11H2. The monoisotopic (exact) mass is 352 g/mol. The Labute approximate surface area is 148 Å². The summed E-state index contributed by atoms with van der Waals surface area (Å²) < 4.78 is 13.0. The van der Waals surface area contributed by atoms with Crippen LogP contribution in [0, 0.1) is 0 Å². The van der Waals surface area contributed by atoms with Gasteiger partial charge in [0.25, 0.3) is 0 Å². The molecule has 0 amide bonds. The third-order valence-corrected chi connectivity index (χ3v) is 3.98. The molecule has 4 rings (SSSR count). The molecule has 0 fully saturated rings. The molecule has 0 saturated heterocycles. The van der Waals surface area contributed by atoms with Crippen molar-refractivity contribution in [3.63, 3.8) is 0 Å². The number of hydrogen-bond acceptors (Lipinski definition) is 4. The molecule has 0 N–H and O–H groups in total. The maximum atomic E-state index is 11.9. The van der Waals surface area contributed by atoms with Crippen LogP contribution >= 0.6 is 11.6 Å². The molecule has 124 valence electrons. The minimum Gasteiger partial charge on any atom is -0.457 e. The van der Waals surface area contributed by atoms with E-state index in [0.29, 0.717) is 28.6 Å². The van der Waals surface area contributed by atoms with Crippen molar-refractivity contribution in [2.24, 2.45) is 0 Å². The van der Waals surface area contributed by atoms with Crippen molar-refractivity contribution in [2.75, 3.05) is 0 Å². The predicted octanol–water partition coefficient (Wildman–Crippen LogP) is 4.48. The topological polar surface area (TPSA) is 57.3 Å². The molecule has 25 heavy (non-hydrogen) atoms. The average molecular weight is 353 g/mol. The summed E-state index contributed by atoms with van der Waals surface area (Å²) in [6.45, 7) is 0.538. The third-order valence-electron chi connectivity index (χ3n) is 3.75. The highest BCUT2D eigenvalue weighted by atomic mass is 35.5. The van der Waals surface area contributed by atoms with E-state index in [4.69, 9.17) is 20.8 Å². The van der Waals surface area contributed by atoms with Crippen LogP contribution < -0.4 is 10.4 Å². The van der Waals surface area contributed by atoms with Crippen molar-refractivity contribution < 1.29 is 9.15 Å². The van der Waals surface area contributed by atoms with Crippen molar-refractivity contribution in [3.05, 3.63) is 88.3 Å². The zero-order chi connectivity index (χ0) is 17.2. The molecule has 0 aliphatic heterocycles. The van der Waals surface area contributed by atoms with Crippen LogP contribution in [-0.2, 0) is 6.54 Å². The van der Waals surface area contributed by atoms with E-state index in [1.165, 1.54) is 6.07 Å². The number of benzene rings is 2. The van der Waals surface area contributed by atoms with Crippen LogP contribution in [0.15, 0.2) is 76.5 Å². The van der Waals surface area contributed by atoms with Gasteiger partial charge in [0, 0.05) is 41.5 Å². The summed E-state index contributed by atoms with van der Waals surface area (Å²) >= 11 is 5.97. The normalized spacial score (nSPS) is 10.9. The summed E-state index contributed by atoms with van der Waals surface area (Å²) in [6.07, 6.45) is 5.25. The van der Waals surface area contributed by atoms with Crippen molar-refractivity contribution >= 4 is 22.6 Å². The Morgan fingerprint density at radius 2 is 2.00 bits per heavy atom. The molecular weight excluding hydrogens is 340 g/mol. The lowest BCUT2D eigenvalue weighted by molar-refractivity contribution is 0.480. The lowest BCUT2D eigenvalue weighted by Gasteiger charge is -2.09. The van der Waals surface area contributed by atoms with Crippen LogP contribution in [0.5, 0.6) is 11.5 Å². The van der Waals surface area contributed by atoms with Crippen LogP contribution in [0.2, 0.25) is 5.02 Å². The average Bonchev–Trinajstić information content (AvgIpc) is 3.07. The van der Waals surface area contributed by atoms with Gasteiger partial charge in [-0.2, -0.15) is 0 Å². The maximum absolute atomic E-state index is 11.9. The molecule has 2 heterocycles. The van der Waals surface area contributed by atoms with E-state index in [0.717, 1.165) is 10.9 Å². The van der Waals surface area contributed by atoms with E-state index in [1.54, 1.807) is 30.7 Å². The summed E-state index contributed by atoms with van der Waals surface area (Å²) in [4.78, 5) is 15.9. The van der Waals surface area contributed by atoms with Gasteiger partial charge in [0.15, 0.2) is 0 Å². The fourth-order valence-electron chi connectivity index (χ4n) is 2.65. The predicted molar refractivity (Wildman–Crippen MR) is 95.3 cm³/mol. The molecule has 6 heteroatoms. The molecule has 2 aromatic heterocycles. The van der Waals surface area contributed by atoms with Gasteiger partial charge in [-0.05, 0) is 35.9 Å². The van der Waals surface area contributed by atoms with Gasteiger partial charge >= 0.3 is 5.63 Å². The molecule has 0 aliphatic rings. The largest absolute Gasteiger partial charge is 0.457 e. The number of halogens is 1. The Kier molecular flexibility index (Phi) is 3.99. The maximum Gasteiger partial charge on any atom is 0.336 e. The molecular formula is C19H13ClN2O3. The van der Waals surface area contributed by atoms with E-state index in [1.807, 2.05) is 35.0 Å². The summed E-state index contributed by atoms with van der Waals surface area (Å²) in [5.41, 5.74) is 0.934. The Morgan fingerprint density at radius 3 is 2.80 bits per heavy atom. The third kappa shape index (κ3) is 3.41. The van der Waals surface area contributed by atoms with Crippen LogP contribution in [0.4, 0.5) is 0 Å². The number of imidazole rings is 1. The first-order valence-corrected chi connectivity index (χ1v) is 8.01. The Hall–Kier alpha value is -3.05. The van der Waals surface area contributed by atoms with Gasteiger partial charge in [0.2, 0.25) is 0 Å². The van der Waals surface area contributed by atoms with E-state index in [2.05, 4.69) is 4.98 Å². The minimum absolute atomic E-state index is 0.400. The Morgan fingerprint density at radius 1 is 1.12 bits per heavy atom. The highest BCUT2D eigenvalue weighted by molar-refractivity contribution is 6.30. The van der Waals surface area contributed by atoms with E-state index in [-0.39, 0.29) is 0 Å². The molecule has 4 aromatic rings. The second-order valence-corrected chi connectivity index (χ2v) is 5.98. The van der Waals surface area contributed by atoms with Gasteiger partial charge in [-0.15, -0.1) is 0 Å². The van der Waals surface area contributed by atoms with E-state index >= 15 is 0 Å². The first kappa shape index (κ1) is 15.5. The molecule has 0 spiro atoms. The molecule has 0 radical (unpaired) electrons. The minimum atomic E-state index is -0.400.